The van der Waals surface area contributed by atoms with E-state index in [-0.39, 0.29) is 5.41 Å². The third kappa shape index (κ3) is 4.44. The molecule has 4 rings (SSSR count). The maximum absolute atomic E-state index is 5.14. The molecule has 0 bridgehead atoms. The number of hydrogen-bond acceptors (Lipinski definition) is 1. The molecule has 2 aliphatic rings. The highest BCUT2D eigenvalue weighted by molar-refractivity contribution is 6.19. The Bertz CT molecular complexity index is 1220. The van der Waals surface area contributed by atoms with Crippen molar-refractivity contribution in [1.29, 1.82) is 0 Å². The minimum atomic E-state index is -0.149. The lowest BCUT2D eigenvalue weighted by Crippen LogP contribution is -2.16. The summed E-state index contributed by atoms with van der Waals surface area (Å²) in [6.45, 7) is 8.67. The first kappa shape index (κ1) is 21.8. The lowest BCUT2D eigenvalue weighted by molar-refractivity contribution is 0.663. The van der Waals surface area contributed by atoms with Gasteiger partial charge in [0.15, 0.2) is 0 Å². The molecule has 0 fully saturated rings. The zero-order chi connectivity index (χ0) is 22.6. The van der Waals surface area contributed by atoms with Crippen LogP contribution in [0.4, 0.5) is 5.69 Å². The van der Waals surface area contributed by atoms with Gasteiger partial charge in [-0.3, -0.25) is 0 Å². The fourth-order valence-corrected chi connectivity index (χ4v) is 4.40. The van der Waals surface area contributed by atoms with Gasteiger partial charge in [-0.25, -0.2) is 4.99 Å². The molecule has 0 N–H and O–H groups in total. The first-order chi connectivity index (χ1) is 15.5. The van der Waals surface area contributed by atoms with Crippen LogP contribution < -0.4 is 0 Å². The maximum Gasteiger partial charge on any atom is 0.0830 e. The van der Waals surface area contributed by atoms with Crippen LogP contribution in [0.1, 0.15) is 57.2 Å². The summed E-state index contributed by atoms with van der Waals surface area (Å²) in [5, 5.41) is 0. The monoisotopic (exact) mass is 417 g/mol. The summed E-state index contributed by atoms with van der Waals surface area (Å²) in [7, 11) is 0. The molecular formula is C31H31N. The highest BCUT2D eigenvalue weighted by atomic mass is 14.8. The van der Waals surface area contributed by atoms with Crippen LogP contribution in [0.5, 0.6) is 0 Å². The Hall–Kier alpha value is -3.41. The number of aliphatic imine (C=N–C) groups is 1. The van der Waals surface area contributed by atoms with Crippen molar-refractivity contribution >= 4 is 17.0 Å². The molecule has 2 aliphatic carbocycles. The molecule has 1 nitrogen and oxygen atoms in total. The quantitative estimate of drug-likeness (QED) is 0.349. The van der Waals surface area contributed by atoms with Gasteiger partial charge in [0.2, 0.25) is 0 Å². The van der Waals surface area contributed by atoms with Gasteiger partial charge in [-0.1, -0.05) is 92.8 Å². The SMILES string of the molecule is C/C=C\C=C/C(C)=C=C1/C(=N/c2ccc(C3=CC=CCC3)cc2)c2ccccc2C1(C)C. The van der Waals surface area contributed by atoms with Gasteiger partial charge in [0.25, 0.3) is 0 Å². The van der Waals surface area contributed by atoms with Gasteiger partial charge in [-0.15, -0.1) is 5.73 Å². The summed E-state index contributed by atoms with van der Waals surface area (Å²) in [6.07, 6.45) is 17.0. The molecule has 0 saturated heterocycles. The van der Waals surface area contributed by atoms with E-state index in [4.69, 9.17) is 4.99 Å². The molecule has 0 spiro atoms. The van der Waals surface area contributed by atoms with Crippen molar-refractivity contribution in [3.05, 3.63) is 125 Å². The molecule has 2 aromatic carbocycles. The third-order valence-electron chi connectivity index (χ3n) is 6.18. The van der Waals surface area contributed by atoms with E-state index in [1.165, 1.54) is 22.3 Å². The Balaban J connectivity index is 1.80. The lowest BCUT2D eigenvalue weighted by atomic mass is 9.82. The second-order valence-corrected chi connectivity index (χ2v) is 8.90. The average Bonchev–Trinajstić information content (AvgIpc) is 3.02. The van der Waals surface area contributed by atoms with Crippen LogP contribution in [0.25, 0.3) is 5.57 Å². The van der Waals surface area contributed by atoms with Crippen molar-refractivity contribution < 1.29 is 0 Å². The zero-order valence-corrected chi connectivity index (χ0v) is 19.5. The number of rotatable bonds is 4. The Morgan fingerprint density at radius 2 is 1.81 bits per heavy atom. The lowest BCUT2D eigenvalue weighted by Gasteiger charge is -2.19. The van der Waals surface area contributed by atoms with Crippen LogP contribution in [-0.2, 0) is 5.41 Å². The van der Waals surface area contributed by atoms with Crippen LogP contribution in [0.3, 0.4) is 0 Å². The topological polar surface area (TPSA) is 12.4 Å². The van der Waals surface area contributed by atoms with E-state index in [0.717, 1.165) is 35.4 Å². The molecule has 0 aromatic heterocycles. The summed E-state index contributed by atoms with van der Waals surface area (Å²) in [5.41, 5.74) is 13.0. The fraction of sp³-hybridized carbons (Fsp3) is 0.226. The first-order valence-electron chi connectivity index (χ1n) is 11.4. The van der Waals surface area contributed by atoms with Gasteiger partial charge in [0.05, 0.1) is 11.4 Å². The van der Waals surface area contributed by atoms with E-state index in [1.807, 2.05) is 19.1 Å². The van der Waals surface area contributed by atoms with E-state index >= 15 is 0 Å². The largest absolute Gasteiger partial charge is 0.247 e. The standard InChI is InChI=1S/C31H31N/c1-5-6-8-13-23(2)22-29-30(27-16-11-12-17-28(27)31(29,3)4)32-26-20-18-25(19-21-26)24-14-9-7-10-15-24/h5-9,11-14,16-21H,10,15H2,1-4H3/b6-5-,13-8-,32-30+. The van der Waals surface area contributed by atoms with Crippen LogP contribution >= 0.6 is 0 Å². The minimum Gasteiger partial charge on any atom is -0.247 e. The second kappa shape index (κ2) is 9.39. The van der Waals surface area contributed by atoms with E-state index in [9.17, 15) is 0 Å². The smallest absolute Gasteiger partial charge is 0.0830 e. The Labute approximate surface area is 192 Å². The molecule has 0 radical (unpaired) electrons. The second-order valence-electron chi connectivity index (χ2n) is 8.90. The summed E-state index contributed by atoms with van der Waals surface area (Å²) >= 11 is 0. The maximum atomic E-state index is 5.14. The van der Waals surface area contributed by atoms with Gasteiger partial charge < -0.3 is 0 Å². The van der Waals surface area contributed by atoms with E-state index < -0.39 is 0 Å². The molecule has 2 aromatic rings. The third-order valence-corrected chi connectivity index (χ3v) is 6.18. The highest BCUT2D eigenvalue weighted by Gasteiger charge is 2.39. The first-order valence-corrected chi connectivity index (χ1v) is 11.4. The van der Waals surface area contributed by atoms with E-state index in [2.05, 4.69) is 105 Å². The molecule has 0 atom stereocenters. The Morgan fingerprint density at radius 1 is 1.03 bits per heavy atom. The van der Waals surface area contributed by atoms with Crippen LogP contribution in [-0.4, -0.2) is 5.71 Å². The molecule has 0 saturated carbocycles. The minimum absolute atomic E-state index is 0.149. The molecule has 1 heteroatoms. The Morgan fingerprint density at radius 3 is 2.53 bits per heavy atom. The number of nitrogens with zero attached hydrogens (tertiary/aromatic N) is 1. The van der Waals surface area contributed by atoms with Gasteiger partial charge >= 0.3 is 0 Å². The van der Waals surface area contributed by atoms with Crippen LogP contribution in [0, 0.1) is 0 Å². The summed E-state index contributed by atoms with van der Waals surface area (Å²) in [5.74, 6) is 0. The average molecular weight is 418 g/mol. The molecule has 32 heavy (non-hydrogen) atoms. The van der Waals surface area contributed by atoms with Crippen molar-refractivity contribution in [3.63, 3.8) is 0 Å². The number of fused-ring (bicyclic) bond motifs is 1. The van der Waals surface area contributed by atoms with Gasteiger partial charge in [-0.05, 0) is 61.1 Å². The molecular weight excluding hydrogens is 386 g/mol. The summed E-state index contributed by atoms with van der Waals surface area (Å²) in [6, 6.07) is 17.3. The highest BCUT2D eigenvalue weighted by Crippen LogP contribution is 2.43. The number of hydrogen-bond donors (Lipinski definition) is 0. The molecule has 0 amide bonds. The zero-order valence-electron chi connectivity index (χ0n) is 19.5. The van der Waals surface area contributed by atoms with Crippen molar-refractivity contribution in [1.82, 2.24) is 0 Å². The molecule has 0 aliphatic heterocycles. The molecule has 160 valence electrons. The normalized spacial score (nSPS) is 18.3. The van der Waals surface area contributed by atoms with Crippen molar-refractivity contribution in [2.75, 3.05) is 0 Å². The summed E-state index contributed by atoms with van der Waals surface area (Å²) in [4.78, 5) is 5.14. The van der Waals surface area contributed by atoms with Crippen molar-refractivity contribution in [2.24, 2.45) is 4.99 Å². The van der Waals surface area contributed by atoms with Gasteiger partial charge in [-0.2, -0.15) is 0 Å². The summed E-state index contributed by atoms with van der Waals surface area (Å²) < 4.78 is 0. The molecule has 0 unspecified atom stereocenters. The number of allylic oxidation sites excluding steroid dienone is 9. The van der Waals surface area contributed by atoms with Crippen LogP contribution in [0.2, 0.25) is 0 Å². The fourth-order valence-electron chi connectivity index (χ4n) is 4.40. The molecule has 0 heterocycles. The Kier molecular flexibility index (Phi) is 6.40. The number of benzene rings is 2. The van der Waals surface area contributed by atoms with Crippen molar-refractivity contribution in [2.45, 2.75) is 46.0 Å². The van der Waals surface area contributed by atoms with E-state index in [0.29, 0.717) is 0 Å². The van der Waals surface area contributed by atoms with Gasteiger partial charge in [0, 0.05) is 16.6 Å². The van der Waals surface area contributed by atoms with Gasteiger partial charge in [0.1, 0.15) is 0 Å². The predicted molar refractivity (Wildman–Crippen MR) is 139 cm³/mol. The van der Waals surface area contributed by atoms with E-state index in [1.54, 1.807) is 0 Å². The van der Waals surface area contributed by atoms with Crippen LogP contribution in [0.15, 0.2) is 113 Å². The predicted octanol–water partition coefficient (Wildman–Crippen LogP) is 8.44. The van der Waals surface area contributed by atoms with Crippen molar-refractivity contribution in [3.8, 4) is 0 Å².